The minimum absolute atomic E-state index is 0.0243. The molecule has 0 fully saturated rings. The van der Waals surface area contributed by atoms with Crippen molar-refractivity contribution < 1.29 is 14.6 Å². The molecule has 4 rings (SSSR count). The molecule has 0 radical (unpaired) electrons. The first-order valence-electron chi connectivity index (χ1n) is 9.11. The molecule has 0 aliphatic rings. The van der Waals surface area contributed by atoms with Crippen LogP contribution in [0.15, 0.2) is 46.7 Å². The van der Waals surface area contributed by atoms with Crippen molar-refractivity contribution in [3.05, 3.63) is 56.6 Å². The van der Waals surface area contributed by atoms with Crippen molar-refractivity contribution in [2.45, 2.75) is 10.3 Å². The largest absolute Gasteiger partial charge is 0.380 e. The fourth-order valence-corrected chi connectivity index (χ4v) is 4.29. The lowest BCUT2D eigenvalue weighted by Crippen LogP contribution is -2.01. The van der Waals surface area contributed by atoms with Crippen LogP contribution in [0.3, 0.4) is 0 Å². The smallest absolute Gasteiger partial charge is 0.271 e. The van der Waals surface area contributed by atoms with E-state index in [2.05, 4.69) is 19.9 Å². The molecule has 31 heavy (non-hydrogen) atoms. The first kappa shape index (κ1) is 21.1. The number of nitrogens with zero attached hydrogens (tertiary/aromatic N) is 4. The van der Waals surface area contributed by atoms with Crippen LogP contribution in [0.1, 0.15) is 0 Å². The Labute approximate surface area is 183 Å². The molecule has 0 amide bonds. The number of thioether (sulfide) groups is 2. The highest BCUT2D eigenvalue weighted by molar-refractivity contribution is 7.99. The average Bonchev–Trinajstić information content (AvgIpc) is 3.34. The van der Waals surface area contributed by atoms with Crippen molar-refractivity contribution in [3.63, 3.8) is 0 Å². The number of non-ortho nitro benzene ring substituents is 2. The van der Waals surface area contributed by atoms with E-state index in [1.165, 1.54) is 47.8 Å². The third kappa shape index (κ3) is 5.13. The molecule has 2 aromatic carbocycles. The number of imidazole rings is 2. The molecule has 13 heteroatoms. The van der Waals surface area contributed by atoms with Gasteiger partial charge >= 0.3 is 0 Å². The molecular formula is C18H16N6O5S2. The minimum atomic E-state index is -0.436. The molecule has 0 spiro atoms. The standard InChI is InChI=1S/C18H16N6O5S2/c25-23(26)11-1-3-13-15(9-11)21-17(19-13)30-7-5-29-6-8-31-18-20-14-4-2-12(24(27)28)10-16(14)22-18/h1-4,9-10H,5-8H2,(H,19,21)(H,20,22). The van der Waals surface area contributed by atoms with Gasteiger partial charge < -0.3 is 14.7 Å². The maximum absolute atomic E-state index is 10.8. The molecule has 0 unspecified atom stereocenters. The molecular weight excluding hydrogens is 444 g/mol. The fraction of sp³-hybridized carbons (Fsp3) is 0.222. The van der Waals surface area contributed by atoms with Crippen LogP contribution in [-0.4, -0.2) is 54.5 Å². The van der Waals surface area contributed by atoms with Crippen LogP contribution >= 0.6 is 23.5 Å². The number of benzene rings is 2. The van der Waals surface area contributed by atoms with Crippen molar-refractivity contribution in [1.82, 2.24) is 19.9 Å². The second-order valence-electron chi connectivity index (χ2n) is 6.31. The number of fused-ring (bicyclic) bond motifs is 2. The minimum Gasteiger partial charge on any atom is -0.380 e. The molecule has 0 aliphatic carbocycles. The topological polar surface area (TPSA) is 153 Å². The number of hydrogen-bond acceptors (Lipinski definition) is 9. The molecule has 0 bridgehead atoms. The number of nitrogens with one attached hydrogen (secondary N) is 2. The molecule has 4 aromatic rings. The SMILES string of the molecule is O=[N+]([O-])c1ccc2nc(SCCOCCSc3nc4ccc([N+](=O)[O-])cc4[nH]3)[nH]c2c1. The molecule has 11 nitrogen and oxygen atoms in total. The lowest BCUT2D eigenvalue weighted by molar-refractivity contribution is -0.384. The summed E-state index contributed by atoms with van der Waals surface area (Å²) in [6.07, 6.45) is 0. The fourth-order valence-electron chi connectivity index (χ4n) is 2.81. The second kappa shape index (κ2) is 9.32. The Morgan fingerprint density at radius 2 is 1.26 bits per heavy atom. The Kier molecular flexibility index (Phi) is 6.34. The van der Waals surface area contributed by atoms with Crippen LogP contribution in [0.5, 0.6) is 0 Å². The summed E-state index contributed by atoms with van der Waals surface area (Å²) >= 11 is 2.96. The van der Waals surface area contributed by atoms with E-state index in [4.69, 9.17) is 4.74 Å². The van der Waals surface area contributed by atoms with Gasteiger partial charge in [0.15, 0.2) is 10.3 Å². The summed E-state index contributed by atoms with van der Waals surface area (Å²) in [7, 11) is 0. The average molecular weight is 460 g/mol. The predicted octanol–water partition coefficient (Wildman–Crippen LogP) is 4.16. The number of nitro groups is 2. The number of aromatic amines is 2. The predicted molar refractivity (Wildman–Crippen MR) is 118 cm³/mol. The molecule has 0 saturated carbocycles. The lowest BCUT2D eigenvalue weighted by Gasteiger charge is -2.02. The maximum Gasteiger partial charge on any atom is 0.271 e. The van der Waals surface area contributed by atoms with Gasteiger partial charge in [-0.05, 0) is 12.1 Å². The Morgan fingerprint density at radius 1 is 0.806 bits per heavy atom. The normalized spacial score (nSPS) is 11.4. The van der Waals surface area contributed by atoms with E-state index in [-0.39, 0.29) is 11.4 Å². The molecule has 2 aromatic heterocycles. The summed E-state index contributed by atoms with van der Waals surface area (Å²) < 4.78 is 5.62. The Hall–Kier alpha value is -3.16. The summed E-state index contributed by atoms with van der Waals surface area (Å²) in [6.45, 7) is 1.05. The number of ether oxygens (including phenoxy) is 1. The molecule has 160 valence electrons. The molecule has 2 heterocycles. The molecule has 0 saturated heterocycles. The van der Waals surface area contributed by atoms with E-state index in [1.54, 1.807) is 12.1 Å². The van der Waals surface area contributed by atoms with Crippen LogP contribution in [0.4, 0.5) is 11.4 Å². The molecule has 0 atom stereocenters. The van der Waals surface area contributed by atoms with E-state index >= 15 is 0 Å². The Morgan fingerprint density at radius 3 is 1.68 bits per heavy atom. The first-order valence-corrected chi connectivity index (χ1v) is 11.1. The highest BCUT2D eigenvalue weighted by Gasteiger charge is 2.11. The zero-order valence-electron chi connectivity index (χ0n) is 15.9. The summed E-state index contributed by atoms with van der Waals surface area (Å²) in [6, 6.07) is 9.05. The van der Waals surface area contributed by atoms with E-state index < -0.39 is 9.85 Å². The van der Waals surface area contributed by atoms with E-state index in [0.29, 0.717) is 57.1 Å². The van der Waals surface area contributed by atoms with Gasteiger partial charge in [0.05, 0.1) is 45.1 Å². The second-order valence-corrected chi connectivity index (χ2v) is 8.48. The van der Waals surface area contributed by atoms with Crippen molar-refractivity contribution in [3.8, 4) is 0 Å². The number of rotatable bonds is 10. The zero-order valence-corrected chi connectivity index (χ0v) is 17.6. The quantitative estimate of drug-likeness (QED) is 0.154. The number of H-pyrrole nitrogens is 2. The third-order valence-corrected chi connectivity index (χ3v) is 5.92. The first-order chi connectivity index (χ1) is 15.0. The number of hydrogen-bond donors (Lipinski definition) is 2. The summed E-state index contributed by atoms with van der Waals surface area (Å²) in [4.78, 5) is 35.7. The van der Waals surface area contributed by atoms with Gasteiger partial charge in [-0.1, -0.05) is 23.5 Å². The van der Waals surface area contributed by atoms with Crippen LogP contribution in [0, 0.1) is 20.2 Å². The third-order valence-electron chi connectivity index (χ3n) is 4.24. The maximum atomic E-state index is 10.8. The number of aromatic nitrogens is 4. The molecule has 0 aliphatic heterocycles. The van der Waals surface area contributed by atoms with Crippen molar-refractivity contribution in [1.29, 1.82) is 0 Å². The monoisotopic (exact) mass is 460 g/mol. The number of nitro benzene ring substituents is 2. The Bertz CT molecular complexity index is 1160. The van der Waals surface area contributed by atoms with Gasteiger partial charge in [-0.15, -0.1) is 0 Å². The van der Waals surface area contributed by atoms with Gasteiger partial charge in [0, 0.05) is 35.8 Å². The van der Waals surface area contributed by atoms with Crippen LogP contribution in [0.25, 0.3) is 22.1 Å². The summed E-state index contributed by atoms with van der Waals surface area (Å²) in [5.74, 6) is 1.36. The lowest BCUT2D eigenvalue weighted by atomic mass is 10.3. The summed E-state index contributed by atoms with van der Waals surface area (Å²) in [5.41, 5.74) is 2.67. The van der Waals surface area contributed by atoms with E-state index in [1.807, 2.05) is 0 Å². The van der Waals surface area contributed by atoms with Gasteiger partial charge in [-0.25, -0.2) is 9.97 Å². The van der Waals surface area contributed by atoms with Crippen molar-refractivity contribution in [2.75, 3.05) is 24.7 Å². The van der Waals surface area contributed by atoms with Gasteiger partial charge in [-0.2, -0.15) is 0 Å². The Balaban J connectivity index is 1.19. The highest BCUT2D eigenvalue weighted by atomic mass is 32.2. The van der Waals surface area contributed by atoms with Gasteiger partial charge in [0.1, 0.15) is 0 Å². The van der Waals surface area contributed by atoms with Gasteiger partial charge in [0.25, 0.3) is 11.4 Å². The van der Waals surface area contributed by atoms with Gasteiger partial charge in [-0.3, -0.25) is 20.2 Å². The summed E-state index contributed by atoms with van der Waals surface area (Å²) in [5, 5.41) is 23.1. The van der Waals surface area contributed by atoms with Gasteiger partial charge in [0.2, 0.25) is 0 Å². The van der Waals surface area contributed by atoms with Crippen molar-refractivity contribution in [2.24, 2.45) is 0 Å². The van der Waals surface area contributed by atoms with Crippen LogP contribution < -0.4 is 0 Å². The van der Waals surface area contributed by atoms with E-state index in [9.17, 15) is 20.2 Å². The van der Waals surface area contributed by atoms with Crippen molar-refractivity contribution >= 4 is 57.0 Å². The zero-order chi connectivity index (χ0) is 21.8. The molecule has 2 N–H and O–H groups in total. The van der Waals surface area contributed by atoms with E-state index in [0.717, 1.165) is 0 Å². The van der Waals surface area contributed by atoms with Crippen LogP contribution in [0.2, 0.25) is 0 Å². The highest BCUT2D eigenvalue weighted by Crippen LogP contribution is 2.24. The van der Waals surface area contributed by atoms with Crippen LogP contribution in [-0.2, 0) is 4.74 Å².